The lowest BCUT2D eigenvalue weighted by molar-refractivity contribution is -0.129. The normalized spacial score (nSPS) is 15.3. The van der Waals surface area contributed by atoms with Gasteiger partial charge in [-0.15, -0.1) is 0 Å². The van der Waals surface area contributed by atoms with E-state index < -0.39 is 12.1 Å². The maximum absolute atomic E-state index is 12.0. The highest BCUT2D eigenvalue weighted by atomic mass is 16.5. The number of esters is 1. The molecule has 1 atom stereocenters. The van der Waals surface area contributed by atoms with E-state index in [1.54, 1.807) is 13.0 Å². The predicted octanol–water partition coefficient (Wildman–Crippen LogP) is 1.10. The molecule has 1 saturated carbocycles. The van der Waals surface area contributed by atoms with Crippen molar-refractivity contribution in [1.82, 2.24) is 5.32 Å². The van der Waals surface area contributed by atoms with E-state index in [-0.39, 0.29) is 17.5 Å². The molecule has 3 N–H and O–H groups in total. The Morgan fingerprint density at radius 2 is 2.05 bits per heavy atom. The molecule has 1 aromatic rings. The summed E-state index contributed by atoms with van der Waals surface area (Å²) in [6.07, 6.45) is 1.13. The first-order chi connectivity index (χ1) is 9.49. The summed E-state index contributed by atoms with van der Waals surface area (Å²) in [6.45, 7) is 1.54. The Morgan fingerprint density at radius 1 is 1.35 bits per heavy atom. The van der Waals surface area contributed by atoms with Crippen LogP contribution in [0.5, 0.6) is 5.75 Å². The van der Waals surface area contributed by atoms with Gasteiger partial charge in [-0.2, -0.15) is 0 Å². The average molecular weight is 278 g/mol. The topological polar surface area (TPSA) is 90.7 Å². The van der Waals surface area contributed by atoms with Crippen LogP contribution in [0, 0.1) is 0 Å². The molecule has 1 aliphatic carbocycles. The standard InChI is InChI=1S/C14H18N2O4/c1-8(13(17)16-11-3-4-11)20-14(18)9-5-10(15)7-12(6-9)19-2/h5-8,11H,3-4,15H2,1-2H3,(H,16,17). The molecular weight excluding hydrogens is 260 g/mol. The molecule has 1 aliphatic rings. The van der Waals surface area contributed by atoms with Gasteiger partial charge in [-0.25, -0.2) is 4.79 Å². The first-order valence-corrected chi connectivity index (χ1v) is 6.45. The van der Waals surface area contributed by atoms with Crippen LogP contribution in [0.4, 0.5) is 5.69 Å². The van der Waals surface area contributed by atoms with Crippen molar-refractivity contribution in [3.63, 3.8) is 0 Å². The minimum absolute atomic E-state index is 0.233. The molecule has 0 saturated heterocycles. The lowest BCUT2D eigenvalue weighted by Crippen LogP contribution is -2.37. The molecule has 0 aliphatic heterocycles. The molecule has 2 rings (SSSR count). The van der Waals surface area contributed by atoms with Crippen LogP contribution in [-0.4, -0.2) is 31.1 Å². The van der Waals surface area contributed by atoms with Crippen molar-refractivity contribution in [1.29, 1.82) is 0 Å². The third-order valence-corrected chi connectivity index (χ3v) is 2.98. The molecule has 1 amide bonds. The lowest BCUT2D eigenvalue weighted by atomic mass is 10.2. The zero-order valence-electron chi connectivity index (χ0n) is 11.5. The number of carbonyl (C=O) groups is 2. The number of methoxy groups -OCH3 is 1. The van der Waals surface area contributed by atoms with E-state index in [9.17, 15) is 9.59 Å². The Bertz CT molecular complexity index is 526. The predicted molar refractivity (Wildman–Crippen MR) is 73.4 cm³/mol. The highest BCUT2D eigenvalue weighted by Gasteiger charge is 2.27. The quantitative estimate of drug-likeness (QED) is 0.621. The van der Waals surface area contributed by atoms with Crippen molar-refractivity contribution >= 4 is 17.6 Å². The molecule has 20 heavy (non-hydrogen) atoms. The van der Waals surface area contributed by atoms with Crippen LogP contribution in [0.25, 0.3) is 0 Å². The van der Waals surface area contributed by atoms with Crippen LogP contribution in [-0.2, 0) is 9.53 Å². The number of hydrogen-bond acceptors (Lipinski definition) is 5. The Hall–Kier alpha value is -2.24. The van der Waals surface area contributed by atoms with Gasteiger partial charge in [-0.3, -0.25) is 4.79 Å². The van der Waals surface area contributed by atoms with Crippen molar-refractivity contribution in [3.05, 3.63) is 23.8 Å². The molecule has 6 nitrogen and oxygen atoms in total. The summed E-state index contributed by atoms with van der Waals surface area (Å²) in [5.41, 5.74) is 6.32. The molecular formula is C14H18N2O4. The summed E-state index contributed by atoms with van der Waals surface area (Å²) < 4.78 is 10.2. The minimum atomic E-state index is -0.837. The van der Waals surface area contributed by atoms with Crippen molar-refractivity contribution in [2.75, 3.05) is 12.8 Å². The molecule has 1 unspecified atom stereocenters. The van der Waals surface area contributed by atoms with E-state index in [0.717, 1.165) is 12.8 Å². The zero-order valence-corrected chi connectivity index (χ0v) is 11.5. The average Bonchev–Trinajstić information content (AvgIpc) is 3.21. The molecule has 0 spiro atoms. The second kappa shape index (κ2) is 5.81. The van der Waals surface area contributed by atoms with Crippen molar-refractivity contribution in [3.8, 4) is 5.75 Å². The van der Waals surface area contributed by atoms with Gasteiger partial charge in [-0.05, 0) is 31.9 Å². The fourth-order valence-electron chi connectivity index (χ4n) is 1.69. The molecule has 0 bridgehead atoms. The molecule has 1 fully saturated rings. The van der Waals surface area contributed by atoms with Gasteiger partial charge in [-0.1, -0.05) is 0 Å². The Balaban J connectivity index is 1.99. The van der Waals surface area contributed by atoms with Crippen molar-refractivity contribution < 1.29 is 19.1 Å². The summed E-state index contributed by atoms with van der Waals surface area (Å²) in [4.78, 5) is 23.7. The van der Waals surface area contributed by atoms with Crippen LogP contribution >= 0.6 is 0 Å². The lowest BCUT2D eigenvalue weighted by Gasteiger charge is -2.13. The number of nitrogen functional groups attached to an aromatic ring is 1. The Labute approximate surface area is 117 Å². The summed E-state index contributed by atoms with van der Waals surface area (Å²) >= 11 is 0. The van der Waals surface area contributed by atoms with E-state index in [4.69, 9.17) is 15.2 Å². The first kappa shape index (κ1) is 14.2. The van der Waals surface area contributed by atoms with E-state index in [0.29, 0.717) is 11.4 Å². The van der Waals surface area contributed by atoms with Gasteiger partial charge in [0.05, 0.1) is 12.7 Å². The number of anilines is 1. The fraction of sp³-hybridized carbons (Fsp3) is 0.429. The van der Waals surface area contributed by atoms with Crippen molar-refractivity contribution in [2.45, 2.75) is 31.9 Å². The maximum Gasteiger partial charge on any atom is 0.339 e. The van der Waals surface area contributed by atoms with Gasteiger partial charge < -0.3 is 20.5 Å². The van der Waals surface area contributed by atoms with Gasteiger partial charge >= 0.3 is 5.97 Å². The molecule has 1 aromatic carbocycles. The van der Waals surface area contributed by atoms with Crippen LogP contribution in [0.3, 0.4) is 0 Å². The van der Waals surface area contributed by atoms with E-state index in [1.807, 2.05) is 0 Å². The smallest absolute Gasteiger partial charge is 0.339 e. The molecule has 108 valence electrons. The number of nitrogens with one attached hydrogen (secondary N) is 1. The Kier molecular flexibility index (Phi) is 4.12. The van der Waals surface area contributed by atoms with Crippen molar-refractivity contribution in [2.24, 2.45) is 0 Å². The molecule has 6 heteroatoms. The van der Waals surface area contributed by atoms with E-state index >= 15 is 0 Å². The number of benzene rings is 1. The summed E-state index contributed by atoms with van der Waals surface area (Å²) in [6, 6.07) is 4.83. The third-order valence-electron chi connectivity index (χ3n) is 2.98. The highest BCUT2D eigenvalue weighted by Crippen LogP contribution is 2.20. The van der Waals surface area contributed by atoms with E-state index in [2.05, 4.69) is 5.32 Å². The number of ether oxygens (including phenoxy) is 2. The second-order valence-electron chi connectivity index (χ2n) is 4.83. The van der Waals surface area contributed by atoms with Gasteiger partial charge in [0.1, 0.15) is 5.75 Å². The molecule has 0 aromatic heterocycles. The number of carbonyl (C=O) groups excluding carboxylic acids is 2. The fourth-order valence-corrected chi connectivity index (χ4v) is 1.69. The highest BCUT2D eigenvalue weighted by molar-refractivity contribution is 5.93. The minimum Gasteiger partial charge on any atom is -0.497 e. The van der Waals surface area contributed by atoms with Crippen LogP contribution in [0.15, 0.2) is 18.2 Å². The molecule has 0 radical (unpaired) electrons. The number of hydrogen-bond donors (Lipinski definition) is 2. The number of nitrogens with two attached hydrogens (primary N) is 1. The monoisotopic (exact) mass is 278 g/mol. The Morgan fingerprint density at radius 3 is 2.65 bits per heavy atom. The van der Waals surface area contributed by atoms with Gasteiger partial charge in [0.15, 0.2) is 6.10 Å². The third kappa shape index (κ3) is 3.63. The first-order valence-electron chi connectivity index (χ1n) is 6.45. The SMILES string of the molecule is COc1cc(N)cc(C(=O)OC(C)C(=O)NC2CC2)c1. The second-order valence-corrected chi connectivity index (χ2v) is 4.83. The van der Waals surface area contributed by atoms with E-state index in [1.165, 1.54) is 19.2 Å². The van der Waals surface area contributed by atoms with Gasteiger partial charge in [0.2, 0.25) is 0 Å². The number of rotatable bonds is 5. The maximum atomic E-state index is 12.0. The number of amides is 1. The van der Waals surface area contributed by atoms with Gasteiger partial charge in [0.25, 0.3) is 5.91 Å². The summed E-state index contributed by atoms with van der Waals surface area (Å²) in [5.74, 6) is -0.419. The summed E-state index contributed by atoms with van der Waals surface area (Å²) in [5, 5.41) is 2.78. The van der Waals surface area contributed by atoms with Crippen LogP contribution in [0.2, 0.25) is 0 Å². The van der Waals surface area contributed by atoms with Crippen LogP contribution in [0.1, 0.15) is 30.1 Å². The van der Waals surface area contributed by atoms with Gasteiger partial charge in [0, 0.05) is 17.8 Å². The largest absolute Gasteiger partial charge is 0.497 e. The molecule has 0 heterocycles. The zero-order chi connectivity index (χ0) is 14.7. The van der Waals surface area contributed by atoms with Crippen LogP contribution < -0.4 is 15.8 Å². The summed E-state index contributed by atoms with van der Waals surface area (Å²) in [7, 11) is 1.48.